The van der Waals surface area contributed by atoms with Gasteiger partial charge in [-0.3, -0.25) is 0 Å². The van der Waals surface area contributed by atoms with Crippen molar-refractivity contribution in [2.45, 2.75) is 39.2 Å². The fourth-order valence-electron chi connectivity index (χ4n) is 0.630. The highest BCUT2D eigenvalue weighted by Gasteiger charge is 2.00. The molecule has 0 spiro atoms. The van der Waals surface area contributed by atoms with Crippen LogP contribution in [0.4, 0.5) is 0 Å². The Bertz CT molecular complexity index is 112. The predicted molar refractivity (Wildman–Crippen MR) is 40.4 cm³/mol. The molecule has 60 valence electrons. The van der Waals surface area contributed by atoms with Crippen molar-refractivity contribution < 1.29 is 10.3 Å². The fourth-order valence-corrected chi connectivity index (χ4v) is 0.630. The molecule has 3 nitrogen and oxygen atoms in total. The Labute approximate surface area is 61.4 Å². The van der Waals surface area contributed by atoms with E-state index < -0.39 is 0 Å². The first-order chi connectivity index (χ1) is 4.70. The van der Waals surface area contributed by atoms with Crippen molar-refractivity contribution in [2.75, 3.05) is 0 Å². The Morgan fingerprint density at radius 1 is 1.60 bits per heavy atom. The number of hydrogen-bond donors (Lipinski definition) is 2. The normalized spacial score (nSPS) is 15.3. The Balaban J connectivity index is 3.35. The first kappa shape index (κ1) is 9.43. The molecule has 0 amide bonds. The molecule has 1 atom stereocenters. The molecule has 10 heavy (non-hydrogen) atoms. The van der Waals surface area contributed by atoms with E-state index in [1.807, 2.05) is 6.92 Å². The van der Waals surface area contributed by atoms with Gasteiger partial charge < -0.3 is 10.3 Å². The lowest BCUT2D eigenvalue weighted by atomic mass is 10.1. The van der Waals surface area contributed by atoms with E-state index >= 15 is 0 Å². The van der Waals surface area contributed by atoms with Crippen LogP contribution in [0.25, 0.3) is 0 Å². The molecule has 0 fully saturated rings. The average Bonchev–Trinajstić information content (AvgIpc) is 1.99. The van der Waals surface area contributed by atoms with E-state index in [0.29, 0.717) is 18.6 Å². The Morgan fingerprint density at radius 3 is 2.60 bits per heavy atom. The zero-order valence-corrected chi connectivity index (χ0v) is 6.54. The maximum absolute atomic E-state index is 9.07. The standard InChI is InChI=1S/C7H15NO2/c1-3-7(9)5-4-6(2)8-10/h7,9-10H,3-5H2,1-2H3. The van der Waals surface area contributed by atoms with Crippen molar-refractivity contribution in [2.24, 2.45) is 5.16 Å². The molecule has 0 aliphatic rings. The first-order valence-electron chi connectivity index (χ1n) is 3.56. The molecule has 0 saturated heterocycles. The summed E-state index contributed by atoms with van der Waals surface area (Å²) in [4.78, 5) is 0. The molecule has 0 aliphatic heterocycles. The van der Waals surface area contributed by atoms with Crippen molar-refractivity contribution >= 4 is 5.71 Å². The third kappa shape index (κ3) is 4.32. The summed E-state index contributed by atoms with van der Waals surface area (Å²) in [5.74, 6) is 0. The summed E-state index contributed by atoms with van der Waals surface area (Å²) in [6.07, 6.45) is 1.87. The van der Waals surface area contributed by atoms with Crippen molar-refractivity contribution in [3.63, 3.8) is 0 Å². The minimum absolute atomic E-state index is 0.253. The van der Waals surface area contributed by atoms with Gasteiger partial charge in [-0.15, -0.1) is 0 Å². The molecule has 0 rings (SSSR count). The van der Waals surface area contributed by atoms with Crippen LogP contribution in [0.5, 0.6) is 0 Å². The van der Waals surface area contributed by atoms with Crippen molar-refractivity contribution in [1.29, 1.82) is 0 Å². The van der Waals surface area contributed by atoms with Gasteiger partial charge in [0.05, 0.1) is 11.8 Å². The number of aliphatic hydroxyl groups is 1. The maximum atomic E-state index is 9.07. The fraction of sp³-hybridized carbons (Fsp3) is 0.857. The molecule has 0 saturated carbocycles. The van der Waals surface area contributed by atoms with E-state index in [1.54, 1.807) is 6.92 Å². The monoisotopic (exact) mass is 145 g/mol. The number of oxime groups is 1. The highest BCUT2D eigenvalue weighted by Crippen LogP contribution is 2.01. The Hall–Kier alpha value is -0.570. The van der Waals surface area contributed by atoms with Gasteiger partial charge in [-0.1, -0.05) is 12.1 Å². The van der Waals surface area contributed by atoms with Gasteiger partial charge in [-0.25, -0.2) is 0 Å². The molecule has 0 radical (unpaired) electrons. The molecule has 1 unspecified atom stereocenters. The SMILES string of the molecule is CCC(O)CCC(C)=NO. The molecule has 2 N–H and O–H groups in total. The maximum Gasteiger partial charge on any atom is 0.0541 e. The second-order valence-corrected chi connectivity index (χ2v) is 2.44. The van der Waals surface area contributed by atoms with Crippen molar-refractivity contribution in [3.05, 3.63) is 0 Å². The molecule has 0 heterocycles. The largest absolute Gasteiger partial charge is 0.411 e. The third-order valence-electron chi connectivity index (χ3n) is 1.48. The summed E-state index contributed by atoms with van der Waals surface area (Å²) in [5, 5.41) is 20.3. The minimum Gasteiger partial charge on any atom is -0.411 e. The van der Waals surface area contributed by atoms with E-state index in [-0.39, 0.29) is 6.10 Å². The summed E-state index contributed by atoms with van der Waals surface area (Å²) in [7, 11) is 0. The van der Waals surface area contributed by atoms with Gasteiger partial charge in [-0.05, 0) is 26.2 Å². The zero-order valence-electron chi connectivity index (χ0n) is 6.54. The number of aliphatic hydroxyl groups excluding tert-OH is 1. The first-order valence-corrected chi connectivity index (χ1v) is 3.56. The predicted octanol–water partition coefficient (Wildman–Crippen LogP) is 1.39. The van der Waals surface area contributed by atoms with Crippen LogP contribution in [-0.4, -0.2) is 22.1 Å². The molecule has 3 heteroatoms. The van der Waals surface area contributed by atoms with Crippen molar-refractivity contribution in [3.8, 4) is 0 Å². The Kier molecular flexibility index (Phi) is 4.94. The van der Waals surface area contributed by atoms with E-state index in [0.717, 1.165) is 6.42 Å². The quantitative estimate of drug-likeness (QED) is 0.357. The number of rotatable bonds is 4. The molecule has 0 aromatic rings. The van der Waals surface area contributed by atoms with Gasteiger partial charge in [0.1, 0.15) is 0 Å². The van der Waals surface area contributed by atoms with Crippen LogP contribution in [0, 0.1) is 0 Å². The third-order valence-corrected chi connectivity index (χ3v) is 1.48. The summed E-state index contributed by atoms with van der Waals surface area (Å²) in [6, 6.07) is 0. The van der Waals surface area contributed by atoms with Crippen LogP contribution >= 0.6 is 0 Å². The smallest absolute Gasteiger partial charge is 0.0541 e. The van der Waals surface area contributed by atoms with Crippen molar-refractivity contribution in [1.82, 2.24) is 0 Å². The van der Waals surface area contributed by atoms with Crippen LogP contribution < -0.4 is 0 Å². The Morgan fingerprint density at radius 2 is 2.20 bits per heavy atom. The zero-order chi connectivity index (χ0) is 7.98. The van der Waals surface area contributed by atoms with Gasteiger partial charge in [0.25, 0.3) is 0 Å². The van der Waals surface area contributed by atoms with Gasteiger partial charge in [-0.2, -0.15) is 0 Å². The highest BCUT2D eigenvalue weighted by atomic mass is 16.4. The molecule has 0 bridgehead atoms. The minimum atomic E-state index is -0.253. The summed E-state index contributed by atoms with van der Waals surface area (Å²) in [6.45, 7) is 3.67. The van der Waals surface area contributed by atoms with Gasteiger partial charge >= 0.3 is 0 Å². The van der Waals surface area contributed by atoms with Crippen LogP contribution in [0.2, 0.25) is 0 Å². The van der Waals surface area contributed by atoms with Gasteiger partial charge in [0, 0.05) is 0 Å². The summed E-state index contributed by atoms with van der Waals surface area (Å²) < 4.78 is 0. The van der Waals surface area contributed by atoms with Crippen LogP contribution in [0.15, 0.2) is 5.16 Å². The summed E-state index contributed by atoms with van der Waals surface area (Å²) in [5.41, 5.74) is 0.674. The molecule has 0 aromatic carbocycles. The van der Waals surface area contributed by atoms with E-state index in [1.165, 1.54) is 0 Å². The number of nitrogens with zero attached hydrogens (tertiary/aromatic N) is 1. The summed E-state index contributed by atoms with van der Waals surface area (Å²) >= 11 is 0. The lowest BCUT2D eigenvalue weighted by molar-refractivity contribution is 0.162. The molecule has 0 aromatic heterocycles. The highest BCUT2D eigenvalue weighted by molar-refractivity contribution is 5.81. The van der Waals surface area contributed by atoms with E-state index in [4.69, 9.17) is 10.3 Å². The van der Waals surface area contributed by atoms with Gasteiger partial charge in [0.15, 0.2) is 0 Å². The van der Waals surface area contributed by atoms with Crippen LogP contribution in [0.3, 0.4) is 0 Å². The molecular formula is C7H15NO2. The number of hydrogen-bond acceptors (Lipinski definition) is 3. The molecule has 0 aliphatic carbocycles. The lowest BCUT2D eigenvalue weighted by Gasteiger charge is -2.04. The lowest BCUT2D eigenvalue weighted by Crippen LogP contribution is -2.06. The average molecular weight is 145 g/mol. The second-order valence-electron chi connectivity index (χ2n) is 2.44. The molecular weight excluding hydrogens is 130 g/mol. The van der Waals surface area contributed by atoms with Crippen LogP contribution in [-0.2, 0) is 0 Å². The topological polar surface area (TPSA) is 52.8 Å². The van der Waals surface area contributed by atoms with Gasteiger partial charge in [0.2, 0.25) is 0 Å². The van der Waals surface area contributed by atoms with E-state index in [2.05, 4.69) is 5.16 Å². The van der Waals surface area contributed by atoms with E-state index in [9.17, 15) is 0 Å². The second kappa shape index (κ2) is 5.23. The van der Waals surface area contributed by atoms with Crippen LogP contribution in [0.1, 0.15) is 33.1 Å².